The lowest BCUT2D eigenvalue weighted by Gasteiger charge is -2.14. The van der Waals surface area contributed by atoms with Crippen LogP contribution in [0.5, 0.6) is 0 Å². The van der Waals surface area contributed by atoms with Crippen LogP contribution in [0.1, 0.15) is 12.5 Å². The minimum Gasteiger partial charge on any atom is -0.344 e. The van der Waals surface area contributed by atoms with Gasteiger partial charge in [0.25, 0.3) is 0 Å². The van der Waals surface area contributed by atoms with Crippen LogP contribution in [0.2, 0.25) is 0 Å². The molecule has 0 saturated carbocycles. The fraction of sp³-hybridized carbons (Fsp3) is 0.176. The van der Waals surface area contributed by atoms with Gasteiger partial charge in [-0.05, 0) is 36.8 Å². The molecular formula is C17H16F2N2O2. The molecule has 0 fully saturated rings. The molecular weight excluding hydrogens is 302 g/mol. The molecule has 0 aliphatic heterocycles. The first-order valence-corrected chi connectivity index (χ1v) is 7.05. The van der Waals surface area contributed by atoms with E-state index in [-0.39, 0.29) is 23.8 Å². The average molecular weight is 318 g/mol. The molecule has 0 heterocycles. The van der Waals surface area contributed by atoms with E-state index in [4.69, 9.17) is 0 Å². The molecule has 0 saturated heterocycles. The van der Waals surface area contributed by atoms with Gasteiger partial charge in [0.15, 0.2) is 0 Å². The van der Waals surface area contributed by atoms with Crippen LogP contribution in [0, 0.1) is 11.6 Å². The Morgan fingerprint density at radius 2 is 1.70 bits per heavy atom. The third kappa shape index (κ3) is 4.88. The number of hydrogen-bond donors (Lipinski definition) is 2. The number of carbonyl (C=O) groups excluding carboxylic acids is 2. The third-order valence-electron chi connectivity index (χ3n) is 3.18. The number of nitrogens with one attached hydrogen (secondary N) is 2. The molecule has 2 N–H and O–H groups in total. The van der Waals surface area contributed by atoms with Crippen molar-refractivity contribution in [2.24, 2.45) is 0 Å². The first-order chi connectivity index (χ1) is 11.0. The summed E-state index contributed by atoms with van der Waals surface area (Å²) < 4.78 is 26.3. The SMILES string of the molecule is CC(NC(=O)Cc1ccc(F)cc1)C(=O)Nc1ccccc1F. The Labute approximate surface area is 132 Å². The molecule has 0 spiro atoms. The van der Waals surface area contributed by atoms with Gasteiger partial charge in [0, 0.05) is 0 Å². The molecule has 0 aromatic heterocycles. The fourth-order valence-electron chi connectivity index (χ4n) is 1.95. The van der Waals surface area contributed by atoms with Crippen LogP contribution >= 0.6 is 0 Å². The van der Waals surface area contributed by atoms with E-state index in [1.807, 2.05) is 0 Å². The number of anilines is 1. The smallest absolute Gasteiger partial charge is 0.246 e. The van der Waals surface area contributed by atoms with E-state index in [9.17, 15) is 18.4 Å². The Bertz CT molecular complexity index is 702. The highest BCUT2D eigenvalue weighted by molar-refractivity contribution is 5.97. The van der Waals surface area contributed by atoms with Crippen LogP contribution in [0.4, 0.5) is 14.5 Å². The number of benzene rings is 2. The zero-order valence-corrected chi connectivity index (χ0v) is 12.5. The minimum atomic E-state index is -0.831. The molecule has 0 radical (unpaired) electrons. The van der Waals surface area contributed by atoms with Gasteiger partial charge in [-0.15, -0.1) is 0 Å². The number of hydrogen-bond acceptors (Lipinski definition) is 2. The second-order valence-electron chi connectivity index (χ2n) is 5.06. The number of para-hydroxylation sites is 1. The molecule has 23 heavy (non-hydrogen) atoms. The molecule has 6 heteroatoms. The number of amides is 2. The van der Waals surface area contributed by atoms with Crippen molar-refractivity contribution >= 4 is 17.5 Å². The summed E-state index contributed by atoms with van der Waals surface area (Å²) in [6, 6.07) is 10.5. The van der Waals surface area contributed by atoms with Crippen molar-refractivity contribution in [3.05, 3.63) is 65.7 Å². The largest absolute Gasteiger partial charge is 0.344 e. The van der Waals surface area contributed by atoms with Gasteiger partial charge in [0.2, 0.25) is 11.8 Å². The predicted molar refractivity (Wildman–Crippen MR) is 82.7 cm³/mol. The lowest BCUT2D eigenvalue weighted by molar-refractivity contribution is -0.125. The normalized spacial score (nSPS) is 11.6. The molecule has 2 aromatic carbocycles. The fourth-order valence-corrected chi connectivity index (χ4v) is 1.95. The first kappa shape index (κ1) is 16.6. The van der Waals surface area contributed by atoms with Crippen molar-refractivity contribution < 1.29 is 18.4 Å². The summed E-state index contributed by atoms with van der Waals surface area (Å²) in [5.74, 6) is -1.84. The minimum absolute atomic E-state index is 0.0254. The van der Waals surface area contributed by atoms with Gasteiger partial charge in [0.1, 0.15) is 17.7 Å². The maximum atomic E-state index is 13.5. The van der Waals surface area contributed by atoms with Crippen molar-refractivity contribution in [3.8, 4) is 0 Å². The van der Waals surface area contributed by atoms with E-state index < -0.39 is 17.8 Å². The summed E-state index contributed by atoms with van der Waals surface area (Å²) in [7, 11) is 0. The van der Waals surface area contributed by atoms with Crippen LogP contribution < -0.4 is 10.6 Å². The highest BCUT2D eigenvalue weighted by Gasteiger charge is 2.17. The molecule has 120 valence electrons. The lowest BCUT2D eigenvalue weighted by atomic mass is 10.1. The monoisotopic (exact) mass is 318 g/mol. The Balaban J connectivity index is 1.89. The van der Waals surface area contributed by atoms with Gasteiger partial charge in [-0.2, -0.15) is 0 Å². The summed E-state index contributed by atoms with van der Waals surface area (Å²) in [6.07, 6.45) is 0.0254. The van der Waals surface area contributed by atoms with Crippen molar-refractivity contribution in [3.63, 3.8) is 0 Å². The van der Waals surface area contributed by atoms with Crippen LogP contribution in [0.15, 0.2) is 48.5 Å². The van der Waals surface area contributed by atoms with Crippen molar-refractivity contribution in [2.45, 2.75) is 19.4 Å². The summed E-state index contributed by atoms with van der Waals surface area (Å²) in [5.41, 5.74) is 0.683. The maximum absolute atomic E-state index is 13.5. The van der Waals surface area contributed by atoms with Gasteiger partial charge in [-0.25, -0.2) is 8.78 Å². The van der Waals surface area contributed by atoms with Crippen LogP contribution in [0.3, 0.4) is 0 Å². The standard InChI is InChI=1S/C17H16F2N2O2/c1-11(17(23)21-15-5-3-2-4-14(15)19)20-16(22)10-12-6-8-13(18)9-7-12/h2-9,11H,10H2,1H3,(H,20,22)(H,21,23). The van der Waals surface area contributed by atoms with Crippen LogP contribution in [-0.4, -0.2) is 17.9 Å². The number of halogens is 2. The van der Waals surface area contributed by atoms with Gasteiger partial charge < -0.3 is 10.6 Å². The molecule has 2 aromatic rings. The summed E-state index contributed by atoms with van der Waals surface area (Å²) in [5, 5.41) is 4.92. The van der Waals surface area contributed by atoms with E-state index >= 15 is 0 Å². The summed E-state index contributed by atoms with van der Waals surface area (Å²) in [6.45, 7) is 1.50. The quantitative estimate of drug-likeness (QED) is 0.890. The topological polar surface area (TPSA) is 58.2 Å². The van der Waals surface area contributed by atoms with E-state index in [1.54, 1.807) is 6.07 Å². The molecule has 1 unspecified atom stereocenters. The predicted octanol–water partition coefficient (Wildman–Crippen LogP) is 2.65. The molecule has 2 rings (SSSR count). The van der Waals surface area contributed by atoms with Crippen molar-refractivity contribution in [1.82, 2.24) is 5.32 Å². The van der Waals surface area contributed by atoms with Crippen molar-refractivity contribution in [1.29, 1.82) is 0 Å². The Hall–Kier alpha value is -2.76. The van der Waals surface area contributed by atoms with Crippen LogP contribution in [0.25, 0.3) is 0 Å². The Morgan fingerprint density at radius 1 is 1.04 bits per heavy atom. The zero-order chi connectivity index (χ0) is 16.8. The third-order valence-corrected chi connectivity index (χ3v) is 3.18. The summed E-state index contributed by atoms with van der Waals surface area (Å²) in [4.78, 5) is 23.8. The Kier molecular flexibility index (Phi) is 5.41. The molecule has 0 aliphatic carbocycles. The van der Waals surface area contributed by atoms with Gasteiger partial charge >= 0.3 is 0 Å². The Morgan fingerprint density at radius 3 is 2.35 bits per heavy atom. The lowest BCUT2D eigenvalue weighted by Crippen LogP contribution is -2.42. The second kappa shape index (κ2) is 7.49. The molecule has 0 bridgehead atoms. The van der Waals surface area contributed by atoms with Gasteiger partial charge in [-0.1, -0.05) is 24.3 Å². The van der Waals surface area contributed by atoms with Crippen LogP contribution in [-0.2, 0) is 16.0 Å². The van der Waals surface area contributed by atoms with Gasteiger partial charge in [-0.3, -0.25) is 9.59 Å². The van der Waals surface area contributed by atoms with E-state index in [2.05, 4.69) is 10.6 Å². The number of carbonyl (C=O) groups is 2. The van der Waals surface area contributed by atoms with Gasteiger partial charge in [0.05, 0.1) is 12.1 Å². The maximum Gasteiger partial charge on any atom is 0.246 e. The van der Waals surface area contributed by atoms with E-state index in [0.717, 1.165) is 0 Å². The first-order valence-electron chi connectivity index (χ1n) is 7.05. The summed E-state index contributed by atoms with van der Waals surface area (Å²) >= 11 is 0. The zero-order valence-electron chi connectivity index (χ0n) is 12.5. The second-order valence-corrected chi connectivity index (χ2v) is 5.06. The molecule has 1 atom stereocenters. The molecule has 4 nitrogen and oxygen atoms in total. The highest BCUT2D eigenvalue weighted by Crippen LogP contribution is 2.12. The number of rotatable bonds is 5. The van der Waals surface area contributed by atoms with E-state index in [1.165, 1.54) is 49.4 Å². The average Bonchev–Trinajstić information content (AvgIpc) is 2.51. The molecule has 0 aliphatic rings. The molecule has 2 amide bonds. The van der Waals surface area contributed by atoms with E-state index in [0.29, 0.717) is 5.56 Å². The van der Waals surface area contributed by atoms with Crippen molar-refractivity contribution in [2.75, 3.05) is 5.32 Å². The highest BCUT2D eigenvalue weighted by atomic mass is 19.1.